The SMILES string of the molecule is CC1CSc2c(ccc(Cl)c2Cl)N1. The van der Waals surface area contributed by atoms with Crippen molar-refractivity contribution in [2.45, 2.75) is 17.9 Å². The van der Waals surface area contributed by atoms with Gasteiger partial charge in [0.15, 0.2) is 0 Å². The first-order chi connectivity index (χ1) is 6.18. The van der Waals surface area contributed by atoms with E-state index in [-0.39, 0.29) is 0 Å². The van der Waals surface area contributed by atoms with Crippen LogP contribution < -0.4 is 5.32 Å². The van der Waals surface area contributed by atoms with Crippen LogP contribution in [0.4, 0.5) is 5.69 Å². The fraction of sp³-hybridized carbons (Fsp3) is 0.333. The van der Waals surface area contributed by atoms with Crippen LogP contribution in [0.2, 0.25) is 10.0 Å². The molecular weight excluding hydrogens is 225 g/mol. The Morgan fingerprint density at radius 1 is 1.46 bits per heavy atom. The van der Waals surface area contributed by atoms with Gasteiger partial charge < -0.3 is 5.32 Å². The fourth-order valence-corrected chi connectivity index (χ4v) is 2.86. The minimum Gasteiger partial charge on any atom is -0.381 e. The van der Waals surface area contributed by atoms with Crippen LogP contribution >= 0.6 is 35.0 Å². The van der Waals surface area contributed by atoms with Crippen LogP contribution in [0.1, 0.15) is 6.92 Å². The number of hydrogen-bond acceptors (Lipinski definition) is 2. The monoisotopic (exact) mass is 233 g/mol. The van der Waals surface area contributed by atoms with E-state index in [1.54, 1.807) is 11.8 Å². The van der Waals surface area contributed by atoms with Crippen LogP contribution in [0.3, 0.4) is 0 Å². The van der Waals surface area contributed by atoms with Crippen LogP contribution in [0.25, 0.3) is 0 Å². The molecule has 1 aliphatic rings. The van der Waals surface area contributed by atoms with Crippen molar-refractivity contribution in [2.24, 2.45) is 0 Å². The largest absolute Gasteiger partial charge is 0.381 e. The van der Waals surface area contributed by atoms with Crippen molar-refractivity contribution in [3.8, 4) is 0 Å². The Morgan fingerprint density at radius 2 is 2.23 bits per heavy atom. The van der Waals surface area contributed by atoms with Crippen LogP contribution in [-0.2, 0) is 0 Å². The number of anilines is 1. The maximum absolute atomic E-state index is 6.07. The van der Waals surface area contributed by atoms with Gasteiger partial charge in [0.2, 0.25) is 0 Å². The summed E-state index contributed by atoms with van der Waals surface area (Å²) in [5.41, 5.74) is 1.10. The minimum atomic E-state index is 0.495. The fourth-order valence-electron chi connectivity index (χ4n) is 1.30. The first-order valence-corrected chi connectivity index (χ1v) is 5.80. The zero-order valence-corrected chi connectivity index (χ0v) is 9.43. The Morgan fingerprint density at radius 3 is 3.00 bits per heavy atom. The average molecular weight is 234 g/mol. The van der Waals surface area contributed by atoms with Gasteiger partial charge in [-0.1, -0.05) is 23.2 Å². The highest BCUT2D eigenvalue weighted by atomic mass is 35.5. The third kappa shape index (κ3) is 1.76. The molecule has 1 nitrogen and oxygen atoms in total. The number of nitrogens with one attached hydrogen (secondary N) is 1. The molecule has 0 amide bonds. The topological polar surface area (TPSA) is 12.0 Å². The van der Waals surface area contributed by atoms with Gasteiger partial charge in [-0.3, -0.25) is 0 Å². The molecule has 13 heavy (non-hydrogen) atoms. The van der Waals surface area contributed by atoms with Crippen LogP contribution in [0, 0.1) is 0 Å². The van der Waals surface area contributed by atoms with E-state index in [9.17, 15) is 0 Å². The summed E-state index contributed by atoms with van der Waals surface area (Å²) in [5, 5.41) is 4.66. The highest BCUT2D eigenvalue weighted by Gasteiger charge is 2.18. The maximum Gasteiger partial charge on any atom is 0.0749 e. The molecule has 1 unspecified atom stereocenters. The molecule has 0 bridgehead atoms. The number of halogens is 2. The number of fused-ring (bicyclic) bond motifs is 1. The summed E-state index contributed by atoms with van der Waals surface area (Å²) in [5.74, 6) is 1.03. The highest BCUT2D eigenvalue weighted by Crippen LogP contribution is 2.41. The quantitative estimate of drug-likeness (QED) is 0.730. The number of thioether (sulfide) groups is 1. The zero-order valence-electron chi connectivity index (χ0n) is 7.10. The Kier molecular flexibility index (Phi) is 2.63. The molecule has 4 heteroatoms. The van der Waals surface area contributed by atoms with E-state index in [4.69, 9.17) is 23.2 Å². The summed E-state index contributed by atoms with van der Waals surface area (Å²) in [6.07, 6.45) is 0. The lowest BCUT2D eigenvalue weighted by Crippen LogP contribution is -2.21. The van der Waals surface area contributed by atoms with Gasteiger partial charge in [0.05, 0.1) is 14.9 Å². The van der Waals surface area contributed by atoms with E-state index in [2.05, 4.69) is 12.2 Å². The predicted octanol–water partition coefficient (Wildman–Crippen LogP) is 3.90. The normalized spacial score (nSPS) is 20.7. The molecular formula is C9H9Cl2NS. The van der Waals surface area contributed by atoms with Crippen LogP contribution in [0.15, 0.2) is 17.0 Å². The summed E-state index contributed by atoms with van der Waals surface area (Å²) in [7, 11) is 0. The van der Waals surface area contributed by atoms with E-state index in [0.29, 0.717) is 16.1 Å². The molecule has 0 aliphatic carbocycles. The maximum atomic E-state index is 6.07. The summed E-state index contributed by atoms with van der Waals surface area (Å²) in [6, 6.07) is 4.30. The van der Waals surface area contributed by atoms with Gasteiger partial charge in [0, 0.05) is 17.5 Å². The lowest BCUT2D eigenvalue weighted by atomic mass is 10.2. The van der Waals surface area contributed by atoms with Gasteiger partial charge in [0.25, 0.3) is 0 Å². The molecule has 0 radical (unpaired) electrons. The summed E-state index contributed by atoms with van der Waals surface area (Å²) in [4.78, 5) is 1.08. The summed E-state index contributed by atoms with van der Waals surface area (Å²) < 4.78 is 0. The van der Waals surface area contributed by atoms with E-state index >= 15 is 0 Å². The first-order valence-electron chi connectivity index (χ1n) is 4.06. The Hall–Kier alpha value is -0.0500. The minimum absolute atomic E-state index is 0.495. The van der Waals surface area contributed by atoms with Crippen molar-refractivity contribution in [3.05, 3.63) is 22.2 Å². The molecule has 1 heterocycles. The van der Waals surface area contributed by atoms with Gasteiger partial charge in [0.1, 0.15) is 0 Å². The molecule has 2 rings (SSSR count). The van der Waals surface area contributed by atoms with Crippen molar-refractivity contribution < 1.29 is 0 Å². The second-order valence-electron chi connectivity index (χ2n) is 3.09. The Balaban J connectivity index is 2.47. The molecule has 1 atom stereocenters. The molecule has 0 fully saturated rings. The van der Waals surface area contributed by atoms with Crippen molar-refractivity contribution in [3.63, 3.8) is 0 Å². The predicted molar refractivity (Wildman–Crippen MR) is 60.3 cm³/mol. The number of hydrogen-bond donors (Lipinski definition) is 1. The second kappa shape index (κ2) is 3.60. The van der Waals surface area contributed by atoms with E-state index < -0.39 is 0 Å². The Bertz CT molecular complexity index is 341. The highest BCUT2D eigenvalue weighted by molar-refractivity contribution is 7.99. The first kappa shape index (κ1) is 9.50. The average Bonchev–Trinajstić information content (AvgIpc) is 2.12. The zero-order chi connectivity index (χ0) is 9.42. The molecule has 0 saturated heterocycles. The smallest absolute Gasteiger partial charge is 0.0749 e. The van der Waals surface area contributed by atoms with Crippen molar-refractivity contribution >= 4 is 40.7 Å². The Labute approximate surface area is 91.8 Å². The van der Waals surface area contributed by atoms with E-state index in [1.807, 2.05) is 12.1 Å². The summed E-state index contributed by atoms with van der Waals surface area (Å²) >= 11 is 13.7. The van der Waals surface area contributed by atoms with Crippen molar-refractivity contribution in [2.75, 3.05) is 11.1 Å². The molecule has 1 aromatic rings. The van der Waals surface area contributed by atoms with E-state index in [1.165, 1.54) is 0 Å². The van der Waals surface area contributed by atoms with Crippen LogP contribution in [-0.4, -0.2) is 11.8 Å². The molecule has 70 valence electrons. The molecule has 0 spiro atoms. The standard InChI is InChI=1S/C9H9Cl2NS/c1-5-4-13-9-7(12-5)3-2-6(10)8(9)11/h2-3,5,12H,4H2,1H3. The van der Waals surface area contributed by atoms with Crippen LogP contribution in [0.5, 0.6) is 0 Å². The van der Waals surface area contributed by atoms with Gasteiger partial charge in [-0.05, 0) is 19.1 Å². The lowest BCUT2D eigenvalue weighted by molar-refractivity contribution is 0.895. The van der Waals surface area contributed by atoms with Gasteiger partial charge in [-0.2, -0.15) is 0 Å². The lowest BCUT2D eigenvalue weighted by Gasteiger charge is -2.24. The van der Waals surface area contributed by atoms with Gasteiger partial charge in [-0.25, -0.2) is 0 Å². The molecule has 0 aromatic heterocycles. The van der Waals surface area contributed by atoms with Gasteiger partial charge >= 0.3 is 0 Å². The second-order valence-corrected chi connectivity index (χ2v) is 4.91. The number of benzene rings is 1. The molecule has 1 aliphatic heterocycles. The molecule has 0 saturated carbocycles. The third-order valence-corrected chi connectivity index (χ3v) is 4.23. The van der Waals surface area contributed by atoms with Crippen molar-refractivity contribution in [1.82, 2.24) is 0 Å². The number of rotatable bonds is 0. The summed E-state index contributed by atoms with van der Waals surface area (Å²) in [6.45, 7) is 2.15. The van der Waals surface area contributed by atoms with E-state index in [0.717, 1.165) is 16.3 Å². The molecule has 1 aromatic carbocycles. The third-order valence-electron chi connectivity index (χ3n) is 1.93. The van der Waals surface area contributed by atoms with Gasteiger partial charge in [-0.15, -0.1) is 11.8 Å². The molecule has 1 N–H and O–H groups in total. The van der Waals surface area contributed by atoms with Crippen molar-refractivity contribution in [1.29, 1.82) is 0 Å².